The number of H-pyrrole nitrogens is 2. The third-order valence-corrected chi connectivity index (χ3v) is 6.77. The van der Waals surface area contributed by atoms with Crippen molar-refractivity contribution >= 4 is 10.9 Å². The Bertz CT molecular complexity index is 1490. The molecule has 0 radical (unpaired) electrons. The van der Waals surface area contributed by atoms with Gasteiger partial charge in [-0.25, -0.2) is 4.39 Å². The molecule has 1 saturated heterocycles. The minimum atomic E-state index is -5.00. The normalized spacial score (nSPS) is 24.6. The highest BCUT2D eigenvalue weighted by Gasteiger charge is 2.65. The second kappa shape index (κ2) is 8.57. The van der Waals surface area contributed by atoms with Crippen LogP contribution >= 0.6 is 0 Å². The Labute approximate surface area is 202 Å². The summed E-state index contributed by atoms with van der Waals surface area (Å²) in [5, 5.41) is -0.691. The molecule has 200 valence electrons. The van der Waals surface area contributed by atoms with Crippen molar-refractivity contribution < 1.29 is 44.6 Å². The van der Waals surface area contributed by atoms with Gasteiger partial charge in [-0.2, -0.15) is 30.7 Å². The summed E-state index contributed by atoms with van der Waals surface area (Å²) in [6.07, 6.45) is -11.7. The van der Waals surface area contributed by atoms with E-state index in [9.17, 15) is 44.7 Å². The predicted octanol–water partition coefficient (Wildman–Crippen LogP) is 5.33. The molecular formula is C23H18F8N2O4. The van der Waals surface area contributed by atoms with Crippen molar-refractivity contribution in [3.63, 3.8) is 0 Å². The number of alkyl halides is 6. The maximum absolute atomic E-state index is 14.5. The third-order valence-electron chi connectivity index (χ3n) is 6.77. The van der Waals surface area contributed by atoms with Gasteiger partial charge in [0.25, 0.3) is 5.56 Å². The van der Waals surface area contributed by atoms with Crippen LogP contribution in [0.3, 0.4) is 0 Å². The number of fused-ring (bicyclic) bond motifs is 1. The van der Waals surface area contributed by atoms with Crippen molar-refractivity contribution in [3.05, 3.63) is 73.4 Å². The fourth-order valence-corrected chi connectivity index (χ4v) is 4.69. The average molecular weight is 538 g/mol. The second-order valence-corrected chi connectivity index (χ2v) is 8.83. The third kappa shape index (κ3) is 4.16. The quantitative estimate of drug-likeness (QED) is 0.442. The molecule has 4 atom stereocenters. The first-order chi connectivity index (χ1) is 17.0. The SMILES string of the molecule is COc1c([C@H]2[C@H](c3cc(=O)c4c(=O)[nH]c(C(F)(F)F)cc4[nH]3)O[C@@](C)(C(F)(F)F)[C@H]2C)ccc(F)c1F. The number of ether oxygens (including phenoxy) is 2. The second-order valence-electron chi connectivity index (χ2n) is 8.83. The lowest BCUT2D eigenvalue weighted by Crippen LogP contribution is -2.46. The van der Waals surface area contributed by atoms with Crippen molar-refractivity contribution in [3.8, 4) is 5.75 Å². The van der Waals surface area contributed by atoms with Crippen LogP contribution in [-0.4, -0.2) is 28.9 Å². The van der Waals surface area contributed by atoms with Gasteiger partial charge >= 0.3 is 12.4 Å². The fourth-order valence-electron chi connectivity index (χ4n) is 4.69. The maximum atomic E-state index is 14.5. The molecule has 2 aromatic heterocycles. The topological polar surface area (TPSA) is 84.2 Å². The zero-order valence-electron chi connectivity index (χ0n) is 19.2. The molecule has 0 aliphatic carbocycles. The molecule has 1 fully saturated rings. The van der Waals surface area contributed by atoms with Crippen molar-refractivity contribution in [2.75, 3.05) is 7.11 Å². The Hall–Kier alpha value is -3.42. The molecule has 1 aliphatic rings. The van der Waals surface area contributed by atoms with E-state index in [2.05, 4.69) is 4.98 Å². The molecule has 3 heterocycles. The van der Waals surface area contributed by atoms with E-state index in [1.807, 2.05) is 0 Å². The van der Waals surface area contributed by atoms with Gasteiger partial charge in [-0.15, -0.1) is 0 Å². The molecule has 4 rings (SSSR count). The number of benzene rings is 1. The molecule has 2 N–H and O–H groups in total. The van der Waals surface area contributed by atoms with Crippen molar-refractivity contribution in [1.82, 2.24) is 9.97 Å². The van der Waals surface area contributed by atoms with E-state index in [0.29, 0.717) is 12.1 Å². The lowest BCUT2D eigenvalue weighted by molar-refractivity contribution is -0.275. The highest BCUT2D eigenvalue weighted by Crippen LogP contribution is 2.59. The van der Waals surface area contributed by atoms with E-state index in [1.165, 1.54) is 0 Å². The van der Waals surface area contributed by atoms with Crippen LogP contribution in [0.4, 0.5) is 35.1 Å². The number of methoxy groups -OCH3 is 1. The summed E-state index contributed by atoms with van der Waals surface area (Å²) in [6.45, 7) is 1.87. The van der Waals surface area contributed by atoms with Crippen LogP contribution in [0.5, 0.6) is 5.75 Å². The van der Waals surface area contributed by atoms with Crippen molar-refractivity contribution in [2.24, 2.45) is 5.92 Å². The molecule has 1 aliphatic heterocycles. The number of pyridine rings is 2. The number of hydrogen-bond donors (Lipinski definition) is 2. The molecule has 14 heteroatoms. The molecule has 0 amide bonds. The number of nitrogens with one attached hydrogen (secondary N) is 2. The summed E-state index contributed by atoms with van der Waals surface area (Å²) < 4.78 is 121. The number of hydrogen-bond acceptors (Lipinski definition) is 4. The van der Waals surface area contributed by atoms with Crippen LogP contribution in [0.15, 0.2) is 33.9 Å². The molecule has 1 aromatic carbocycles. The van der Waals surface area contributed by atoms with Gasteiger partial charge in [0.1, 0.15) is 17.2 Å². The highest BCUT2D eigenvalue weighted by atomic mass is 19.4. The van der Waals surface area contributed by atoms with Gasteiger partial charge in [0.05, 0.1) is 12.6 Å². The predicted molar refractivity (Wildman–Crippen MR) is 113 cm³/mol. The lowest BCUT2D eigenvalue weighted by Gasteiger charge is -2.32. The Balaban J connectivity index is 2.00. The van der Waals surface area contributed by atoms with E-state index >= 15 is 0 Å². The summed E-state index contributed by atoms with van der Waals surface area (Å²) in [4.78, 5) is 28.8. The summed E-state index contributed by atoms with van der Waals surface area (Å²) in [7, 11) is 0.975. The van der Waals surface area contributed by atoms with Gasteiger partial charge in [-0.1, -0.05) is 13.0 Å². The first-order valence-electron chi connectivity index (χ1n) is 10.6. The first-order valence-corrected chi connectivity index (χ1v) is 10.6. The van der Waals surface area contributed by atoms with Crippen LogP contribution < -0.4 is 15.7 Å². The molecule has 3 aromatic rings. The van der Waals surface area contributed by atoms with E-state index in [0.717, 1.165) is 33.1 Å². The lowest BCUT2D eigenvalue weighted by atomic mass is 9.76. The summed E-state index contributed by atoms with van der Waals surface area (Å²) >= 11 is 0. The zero-order chi connectivity index (χ0) is 27.7. The van der Waals surface area contributed by atoms with E-state index < -0.39 is 86.6 Å². The van der Waals surface area contributed by atoms with Gasteiger partial charge in [0, 0.05) is 29.2 Å². The standard InChI is InChI=1S/C23H18F8N2O4/c1-8-15(9-4-5-10(24)17(25)18(9)36-3)19(37-21(8,2)23(29,30)31)12-6-13(34)16-11(32-12)7-14(22(26,27)28)33-20(16)35/h4-8,15,19H,1-3H3,(H,32,34)(H,33,35)/t8-,15-,19-,21+/m0/s1. The smallest absolute Gasteiger partial charge is 0.431 e. The summed E-state index contributed by atoms with van der Waals surface area (Å²) in [5.41, 5.74) is -8.08. The van der Waals surface area contributed by atoms with E-state index in [4.69, 9.17) is 9.47 Å². The minimum absolute atomic E-state index is 0.227. The van der Waals surface area contributed by atoms with Gasteiger partial charge < -0.3 is 19.4 Å². The number of rotatable bonds is 3. The van der Waals surface area contributed by atoms with Crippen LogP contribution in [0.1, 0.15) is 42.8 Å². The van der Waals surface area contributed by atoms with Crippen LogP contribution in [0, 0.1) is 17.6 Å². The van der Waals surface area contributed by atoms with Gasteiger partial charge in [-0.3, -0.25) is 9.59 Å². The van der Waals surface area contributed by atoms with E-state index in [1.54, 1.807) is 4.98 Å². The van der Waals surface area contributed by atoms with Crippen LogP contribution in [0.2, 0.25) is 0 Å². The molecule has 6 nitrogen and oxygen atoms in total. The Morgan fingerprint density at radius 2 is 1.68 bits per heavy atom. The van der Waals surface area contributed by atoms with Crippen LogP contribution in [0.25, 0.3) is 10.9 Å². The Kier molecular flexibility index (Phi) is 6.17. The largest absolute Gasteiger partial charge is 0.493 e. The van der Waals surface area contributed by atoms with Crippen molar-refractivity contribution in [1.29, 1.82) is 0 Å². The molecule has 0 spiro atoms. The number of aromatic amines is 2. The first kappa shape index (κ1) is 26.6. The molecule has 0 unspecified atom stereocenters. The molecular weight excluding hydrogens is 520 g/mol. The zero-order valence-corrected chi connectivity index (χ0v) is 19.2. The average Bonchev–Trinajstić information content (AvgIpc) is 3.06. The number of halogens is 8. The van der Waals surface area contributed by atoms with E-state index in [-0.39, 0.29) is 5.56 Å². The maximum Gasteiger partial charge on any atom is 0.431 e. The molecule has 0 bridgehead atoms. The molecule has 37 heavy (non-hydrogen) atoms. The summed E-state index contributed by atoms with van der Waals surface area (Å²) in [6, 6.07) is 2.83. The van der Waals surface area contributed by atoms with Crippen LogP contribution in [-0.2, 0) is 10.9 Å². The number of aromatic nitrogens is 2. The minimum Gasteiger partial charge on any atom is -0.493 e. The van der Waals surface area contributed by atoms with Gasteiger partial charge in [0.15, 0.2) is 22.6 Å². The van der Waals surface area contributed by atoms with Gasteiger partial charge in [0.2, 0.25) is 5.82 Å². The Morgan fingerprint density at radius 1 is 1.03 bits per heavy atom. The monoisotopic (exact) mass is 538 g/mol. The highest BCUT2D eigenvalue weighted by molar-refractivity contribution is 5.78. The van der Waals surface area contributed by atoms with Gasteiger partial charge in [-0.05, 0) is 19.1 Å². The summed E-state index contributed by atoms with van der Waals surface area (Å²) in [5.74, 6) is -6.41. The fraction of sp³-hybridized carbons (Fsp3) is 0.391. The van der Waals surface area contributed by atoms with Crippen molar-refractivity contribution in [2.45, 2.75) is 43.8 Å². The Morgan fingerprint density at radius 3 is 2.24 bits per heavy atom. The molecule has 0 saturated carbocycles.